The van der Waals surface area contributed by atoms with Gasteiger partial charge in [-0.15, -0.1) is 0 Å². The molecule has 0 saturated carbocycles. The van der Waals surface area contributed by atoms with Gasteiger partial charge in [0, 0.05) is 0 Å². The van der Waals surface area contributed by atoms with Crippen LogP contribution in [0.4, 0.5) is 0 Å². The van der Waals surface area contributed by atoms with Crippen LogP contribution in [0.15, 0.2) is 42.5 Å². The first-order valence-corrected chi connectivity index (χ1v) is 5.02. The van der Waals surface area contributed by atoms with Gasteiger partial charge in [-0.1, -0.05) is 42.5 Å². The van der Waals surface area contributed by atoms with Crippen molar-refractivity contribution in [1.29, 1.82) is 0 Å². The highest BCUT2D eigenvalue weighted by atomic mass is 13.9. The molecule has 0 aromatic carbocycles. The minimum absolute atomic E-state index is 0.966. The summed E-state index contributed by atoms with van der Waals surface area (Å²) in [4.78, 5) is 0. The lowest BCUT2D eigenvalue weighted by atomic mass is 10.2. The van der Waals surface area contributed by atoms with E-state index >= 15 is 0 Å². The zero-order valence-corrected chi connectivity index (χ0v) is 8.08. The van der Waals surface area contributed by atoms with Gasteiger partial charge in [-0.2, -0.15) is 0 Å². The van der Waals surface area contributed by atoms with E-state index in [1.165, 1.54) is 0 Å². The van der Waals surface area contributed by atoms with Crippen LogP contribution in [0.2, 0.25) is 0 Å². The van der Waals surface area contributed by atoms with Gasteiger partial charge in [-0.05, 0) is 38.2 Å². The van der Waals surface area contributed by atoms with E-state index in [0.717, 1.165) is 32.1 Å². The first-order chi connectivity index (χ1) is 6.50. The molecule has 0 amide bonds. The molecule has 0 aromatic rings. The summed E-state index contributed by atoms with van der Waals surface area (Å²) in [5, 5.41) is 0. The first kappa shape index (κ1) is 10.0. The van der Waals surface area contributed by atoms with Crippen LogP contribution in [0.3, 0.4) is 0 Å². The fourth-order valence-electron chi connectivity index (χ4n) is 1.18. The monoisotopic (exact) mass is 173 g/mol. The Bertz CT molecular complexity index is 192. The second kappa shape index (κ2) is 7.60. The molecule has 0 nitrogen and oxygen atoms in total. The van der Waals surface area contributed by atoms with E-state index < -0.39 is 0 Å². The Morgan fingerprint density at radius 1 is 0.692 bits per heavy atom. The van der Waals surface area contributed by atoms with Crippen molar-refractivity contribution in [2.24, 2.45) is 0 Å². The SMILES string of the molecule is [C]1=CCCC=CC=CCCC=CC1. The fraction of sp³-hybridized carbons (Fsp3) is 0.385. The lowest BCUT2D eigenvalue weighted by Crippen LogP contribution is -1.65. The number of rotatable bonds is 0. The molecule has 0 spiro atoms. The smallest absolute Gasteiger partial charge is 0.00979 e. The number of hydrogen-bond donors (Lipinski definition) is 0. The minimum atomic E-state index is 0.966. The van der Waals surface area contributed by atoms with Gasteiger partial charge in [0.25, 0.3) is 0 Å². The Balaban J connectivity index is 2.38. The van der Waals surface area contributed by atoms with Gasteiger partial charge in [-0.3, -0.25) is 0 Å². The molecule has 1 aliphatic carbocycles. The molecule has 1 radical (unpaired) electrons. The summed E-state index contributed by atoms with van der Waals surface area (Å²) in [6.45, 7) is 0. The Hall–Kier alpha value is -1.04. The van der Waals surface area contributed by atoms with Crippen LogP contribution in [0.25, 0.3) is 0 Å². The zero-order valence-electron chi connectivity index (χ0n) is 8.08. The van der Waals surface area contributed by atoms with Crippen LogP contribution < -0.4 is 0 Å². The average Bonchev–Trinajstić information content (AvgIpc) is 2.18. The van der Waals surface area contributed by atoms with Crippen molar-refractivity contribution in [1.82, 2.24) is 0 Å². The van der Waals surface area contributed by atoms with Crippen molar-refractivity contribution < 1.29 is 0 Å². The summed E-state index contributed by atoms with van der Waals surface area (Å²) in [6.07, 6.45) is 24.0. The third-order valence-electron chi connectivity index (χ3n) is 1.91. The molecule has 0 bridgehead atoms. The van der Waals surface area contributed by atoms with Gasteiger partial charge in [0.05, 0.1) is 0 Å². The Labute approximate surface area is 81.4 Å². The van der Waals surface area contributed by atoms with Gasteiger partial charge in [0.15, 0.2) is 0 Å². The highest BCUT2D eigenvalue weighted by molar-refractivity contribution is 5.04. The fourth-order valence-corrected chi connectivity index (χ4v) is 1.18. The van der Waals surface area contributed by atoms with Crippen LogP contribution in [0.1, 0.15) is 32.1 Å². The van der Waals surface area contributed by atoms with Crippen molar-refractivity contribution in [2.75, 3.05) is 0 Å². The Morgan fingerprint density at radius 3 is 2.23 bits per heavy atom. The van der Waals surface area contributed by atoms with E-state index in [1.54, 1.807) is 0 Å². The number of allylic oxidation sites excluding steroid dienone is 8. The van der Waals surface area contributed by atoms with E-state index in [2.05, 4.69) is 48.6 Å². The van der Waals surface area contributed by atoms with Crippen molar-refractivity contribution in [2.45, 2.75) is 32.1 Å². The lowest BCUT2D eigenvalue weighted by molar-refractivity contribution is 1.03. The van der Waals surface area contributed by atoms with Gasteiger partial charge in [-0.25, -0.2) is 0 Å². The maximum atomic E-state index is 3.26. The molecule has 69 valence electrons. The highest BCUT2D eigenvalue weighted by Gasteiger charge is 1.79. The van der Waals surface area contributed by atoms with Crippen LogP contribution in [0.5, 0.6) is 0 Å². The summed E-state index contributed by atoms with van der Waals surface area (Å²) in [5.74, 6) is 0. The van der Waals surface area contributed by atoms with Crippen LogP contribution in [-0.2, 0) is 0 Å². The van der Waals surface area contributed by atoms with E-state index in [9.17, 15) is 0 Å². The maximum Gasteiger partial charge on any atom is -0.00979 e. The lowest BCUT2D eigenvalue weighted by Gasteiger charge is -1.84. The largest absolute Gasteiger partial charge is 0.0879 e. The summed E-state index contributed by atoms with van der Waals surface area (Å²) in [6, 6.07) is 0. The summed E-state index contributed by atoms with van der Waals surface area (Å²) < 4.78 is 0. The van der Waals surface area contributed by atoms with Crippen molar-refractivity contribution >= 4 is 0 Å². The summed E-state index contributed by atoms with van der Waals surface area (Å²) in [5.41, 5.74) is 0. The molecular formula is C13H17. The molecule has 0 heteroatoms. The summed E-state index contributed by atoms with van der Waals surface area (Å²) in [7, 11) is 0. The van der Waals surface area contributed by atoms with Gasteiger partial charge in [0.1, 0.15) is 0 Å². The third-order valence-corrected chi connectivity index (χ3v) is 1.91. The van der Waals surface area contributed by atoms with Crippen LogP contribution >= 0.6 is 0 Å². The number of hydrogen-bond acceptors (Lipinski definition) is 0. The molecule has 0 aliphatic heterocycles. The van der Waals surface area contributed by atoms with Gasteiger partial charge >= 0.3 is 0 Å². The predicted octanol–water partition coefficient (Wildman–Crippen LogP) is 3.98. The standard InChI is InChI=1S/C13H17/c1-2-4-6-8-10-12-13-11-9-7-5-3-1/h1-4,9-11H,5-8,13H2. The molecule has 0 N–H and O–H groups in total. The summed E-state index contributed by atoms with van der Waals surface area (Å²) >= 11 is 0. The quantitative estimate of drug-likeness (QED) is 0.486. The molecule has 0 aromatic heterocycles. The van der Waals surface area contributed by atoms with Crippen molar-refractivity contribution in [3.63, 3.8) is 0 Å². The molecule has 1 rings (SSSR count). The second-order valence-electron chi connectivity index (χ2n) is 3.09. The molecule has 0 unspecified atom stereocenters. The molecule has 0 fully saturated rings. The van der Waals surface area contributed by atoms with Crippen LogP contribution in [-0.4, -0.2) is 0 Å². The molecule has 0 atom stereocenters. The van der Waals surface area contributed by atoms with E-state index in [-0.39, 0.29) is 0 Å². The first-order valence-electron chi connectivity index (χ1n) is 5.02. The van der Waals surface area contributed by atoms with E-state index in [4.69, 9.17) is 0 Å². The second-order valence-corrected chi connectivity index (χ2v) is 3.09. The molecule has 0 saturated heterocycles. The highest BCUT2D eigenvalue weighted by Crippen LogP contribution is 1.99. The molecular weight excluding hydrogens is 156 g/mol. The molecule has 13 heavy (non-hydrogen) atoms. The van der Waals surface area contributed by atoms with Gasteiger partial charge in [0.2, 0.25) is 0 Å². The normalized spacial score (nSPS) is 19.1. The zero-order chi connectivity index (χ0) is 9.19. The van der Waals surface area contributed by atoms with Crippen LogP contribution in [0, 0.1) is 6.08 Å². The van der Waals surface area contributed by atoms with Gasteiger partial charge < -0.3 is 0 Å². The maximum absolute atomic E-state index is 3.26. The predicted molar refractivity (Wildman–Crippen MR) is 58.3 cm³/mol. The molecule has 1 aliphatic rings. The Kier molecular flexibility index (Phi) is 5.87. The minimum Gasteiger partial charge on any atom is -0.0879 e. The average molecular weight is 173 g/mol. The van der Waals surface area contributed by atoms with Crippen molar-refractivity contribution in [3.8, 4) is 0 Å². The molecule has 0 heterocycles. The third kappa shape index (κ3) is 6.15. The topological polar surface area (TPSA) is 0 Å². The van der Waals surface area contributed by atoms with E-state index in [1.807, 2.05) is 0 Å². The Morgan fingerprint density at radius 2 is 1.38 bits per heavy atom. The van der Waals surface area contributed by atoms with E-state index in [0.29, 0.717) is 0 Å². The van der Waals surface area contributed by atoms with Crippen molar-refractivity contribution in [3.05, 3.63) is 48.6 Å².